The van der Waals surface area contributed by atoms with Crippen molar-refractivity contribution in [1.29, 1.82) is 0 Å². The number of nitrogens with zero attached hydrogens (tertiary/aromatic N) is 2. The van der Waals surface area contributed by atoms with E-state index in [9.17, 15) is 4.79 Å². The van der Waals surface area contributed by atoms with Crippen molar-refractivity contribution in [2.45, 2.75) is 12.8 Å². The van der Waals surface area contributed by atoms with Gasteiger partial charge in [-0.15, -0.1) is 12.4 Å². The quantitative estimate of drug-likeness (QED) is 0.834. The SMILES string of the molecule is Cc1cc(NC(=O)[C@H]2CNC[C@@H]2c2cnn(C)c2)ccc1Br.Cl. The van der Waals surface area contributed by atoms with Crippen LogP contribution < -0.4 is 10.6 Å². The smallest absolute Gasteiger partial charge is 0.229 e. The van der Waals surface area contributed by atoms with Gasteiger partial charge in [0.05, 0.1) is 12.1 Å². The molecule has 0 saturated carbocycles. The van der Waals surface area contributed by atoms with Gasteiger partial charge in [0.1, 0.15) is 0 Å². The average molecular weight is 400 g/mol. The molecule has 3 rings (SSSR count). The molecule has 1 aromatic heterocycles. The number of benzene rings is 1. The molecule has 1 fully saturated rings. The summed E-state index contributed by atoms with van der Waals surface area (Å²) in [5.41, 5.74) is 3.05. The molecule has 0 unspecified atom stereocenters. The molecule has 5 nitrogen and oxygen atoms in total. The Morgan fingerprint density at radius 2 is 2.22 bits per heavy atom. The predicted octanol–water partition coefficient (Wildman–Crippen LogP) is 2.85. The van der Waals surface area contributed by atoms with Crippen molar-refractivity contribution in [2.75, 3.05) is 18.4 Å². The molecule has 7 heteroatoms. The van der Waals surface area contributed by atoms with Gasteiger partial charge in [-0.05, 0) is 36.2 Å². The Bertz CT molecular complexity index is 703. The van der Waals surface area contributed by atoms with Gasteiger partial charge in [-0.2, -0.15) is 5.10 Å². The van der Waals surface area contributed by atoms with E-state index < -0.39 is 0 Å². The van der Waals surface area contributed by atoms with E-state index in [4.69, 9.17) is 0 Å². The average Bonchev–Trinajstić information content (AvgIpc) is 3.11. The van der Waals surface area contributed by atoms with Crippen molar-refractivity contribution < 1.29 is 4.79 Å². The summed E-state index contributed by atoms with van der Waals surface area (Å²) >= 11 is 3.47. The second-order valence-corrected chi connectivity index (χ2v) is 6.63. The Labute approximate surface area is 150 Å². The summed E-state index contributed by atoms with van der Waals surface area (Å²) in [5, 5.41) is 10.6. The van der Waals surface area contributed by atoms with Crippen molar-refractivity contribution in [3.05, 3.63) is 46.2 Å². The van der Waals surface area contributed by atoms with Crippen LogP contribution in [-0.2, 0) is 11.8 Å². The van der Waals surface area contributed by atoms with E-state index in [1.807, 2.05) is 44.6 Å². The van der Waals surface area contributed by atoms with Gasteiger partial charge in [-0.3, -0.25) is 9.48 Å². The van der Waals surface area contributed by atoms with Crippen LogP contribution in [0.3, 0.4) is 0 Å². The van der Waals surface area contributed by atoms with Gasteiger partial charge in [0.15, 0.2) is 0 Å². The Hall–Kier alpha value is -1.37. The van der Waals surface area contributed by atoms with E-state index in [-0.39, 0.29) is 30.2 Å². The third-order valence-corrected chi connectivity index (χ3v) is 5.02. The highest BCUT2D eigenvalue weighted by atomic mass is 79.9. The number of halogens is 2. The molecule has 1 amide bonds. The minimum absolute atomic E-state index is 0. The lowest BCUT2D eigenvalue weighted by atomic mass is 9.90. The lowest BCUT2D eigenvalue weighted by Gasteiger charge is -2.17. The maximum absolute atomic E-state index is 12.6. The van der Waals surface area contributed by atoms with E-state index in [2.05, 4.69) is 31.7 Å². The standard InChI is InChI=1S/C16H19BrN4O.ClH/c1-10-5-12(3-4-15(10)17)20-16(22)14-8-18-7-13(14)11-6-19-21(2)9-11;/h3-6,9,13-14,18H,7-8H2,1-2H3,(H,20,22);1H/t13-,14+;/m1./s1. The summed E-state index contributed by atoms with van der Waals surface area (Å²) in [7, 11) is 1.89. The molecule has 124 valence electrons. The highest BCUT2D eigenvalue weighted by Crippen LogP contribution is 2.29. The van der Waals surface area contributed by atoms with Gasteiger partial charge in [-0.1, -0.05) is 15.9 Å². The van der Waals surface area contributed by atoms with Gasteiger partial charge in [-0.25, -0.2) is 0 Å². The first-order valence-electron chi connectivity index (χ1n) is 7.31. The monoisotopic (exact) mass is 398 g/mol. The van der Waals surface area contributed by atoms with Gasteiger partial charge < -0.3 is 10.6 Å². The van der Waals surface area contributed by atoms with E-state index >= 15 is 0 Å². The summed E-state index contributed by atoms with van der Waals surface area (Å²) in [4.78, 5) is 12.6. The number of aromatic nitrogens is 2. The third-order valence-electron chi connectivity index (χ3n) is 4.13. The number of nitrogens with one attached hydrogen (secondary N) is 2. The minimum Gasteiger partial charge on any atom is -0.326 e. The molecule has 1 aliphatic heterocycles. The molecule has 23 heavy (non-hydrogen) atoms. The van der Waals surface area contributed by atoms with Crippen molar-refractivity contribution in [3.63, 3.8) is 0 Å². The second-order valence-electron chi connectivity index (χ2n) is 5.77. The van der Waals surface area contributed by atoms with Crippen LogP contribution in [0.1, 0.15) is 17.0 Å². The molecule has 2 aromatic rings. The fourth-order valence-electron chi connectivity index (χ4n) is 2.89. The molecule has 2 atom stereocenters. The van der Waals surface area contributed by atoms with Crippen LogP contribution >= 0.6 is 28.3 Å². The number of hydrogen-bond acceptors (Lipinski definition) is 3. The summed E-state index contributed by atoms with van der Waals surface area (Å²) < 4.78 is 2.82. The maximum atomic E-state index is 12.6. The van der Waals surface area contributed by atoms with Crippen LogP contribution in [0.2, 0.25) is 0 Å². The first kappa shape index (κ1) is 18.0. The van der Waals surface area contributed by atoms with Crippen LogP contribution in [-0.4, -0.2) is 28.8 Å². The van der Waals surface area contributed by atoms with Crippen molar-refractivity contribution in [1.82, 2.24) is 15.1 Å². The second kappa shape index (κ2) is 7.47. The Morgan fingerprint density at radius 3 is 2.87 bits per heavy atom. The molecule has 1 aromatic carbocycles. The topological polar surface area (TPSA) is 59.0 Å². The Morgan fingerprint density at radius 1 is 1.43 bits per heavy atom. The van der Waals surface area contributed by atoms with Crippen LogP contribution in [0.4, 0.5) is 5.69 Å². The van der Waals surface area contributed by atoms with Crippen molar-refractivity contribution in [3.8, 4) is 0 Å². The highest BCUT2D eigenvalue weighted by Gasteiger charge is 2.34. The summed E-state index contributed by atoms with van der Waals surface area (Å²) in [6, 6.07) is 5.84. The molecule has 0 radical (unpaired) electrons. The van der Waals surface area contributed by atoms with Gasteiger partial charge >= 0.3 is 0 Å². The van der Waals surface area contributed by atoms with Crippen molar-refractivity contribution in [2.24, 2.45) is 13.0 Å². The summed E-state index contributed by atoms with van der Waals surface area (Å²) in [6.07, 6.45) is 3.84. The molecule has 0 bridgehead atoms. The zero-order valence-corrected chi connectivity index (χ0v) is 15.4. The molecule has 2 heterocycles. The van der Waals surface area contributed by atoms with E-state index in [0.29, 0.717) is 6.54 Å². The fraction of sp³-hybridized carbons (Fsp3) is 0.375. The van der Waals surface area contributed by atoms with Crippen molar-refractivity contribution >= 4 is 39.9 Å². The number of amides is 1. The molecule has 0 aliphatic carbocycles. The molecule has 0 spiro atoms. The lowest BCUT2D eigenvalue weighted by Crippen LogP contribution is -2.28. The molecular weight excluding hydrogens is 380 g/mol. The fourth-order valence-corrected chi connectivity index (χ4v) is 3.14. The minimum atomic E-state index is -0.0758. The lowest BCUT2D eigenvalue weighted by molar-refractivity contribution is -0.119. The number of rotatable bonds is 3. The molecule has 1 aliphatic rings. The van der Waals surface area contributed by atoms with Crippen LogP contribution in [0, 0.1) is 12.8 Å². The number of aryl methyl sites for hydroxylation is 2. The van der Waals surface area contributed by atoms with E-state index in [1.54, 1.807) is 4.68 Å². The van der Waals surface area contributed by atoms with Gasteiger partial charge in [0, 0.05) is 42.4 Å². The van der Waals surface area contributed by atoms with E-state index in [0.717, 1.165) is 27.8 Å². The summed E-state index contributed by atoms with van der Waals surface area (Å²) in [6.45, 7) is 3.51. The number of anilines is 1. The Balaban J connectivity index is 0.00000192. The Kier molecular flexibility index (Phi) is 5.84. The normalized spacial score (nSPS) is 20.1. The number of carbonyl (C=O) groups is 1. The third kappa shape index (κ3) is 3.94. The zero-order chi connectivity index (χ0) is 15.7. The number of hydrogen-bond donors (Lipinski definition) is 2. The van der Waals surface area contributed by atoms with Gasteiger partial charge in [0.2, 0.25) is 5.91 Å². The first-order valence-corrected chi connectivity index (χ1v) is 8.10. The van der Waals surface area contributed by atoms with Crippen LogP contribution in [0.15, 0.2) is 35.1 Å². The largest absolute Gasteiger partial charge is 0.326 e. The molecule has 1 saturated heterocycles. The molecule has 2 N–H and O–H groups in total. The highest BCUT2D eigenvalue weighted by molar-refractivity contribution is 9.10. The molecular formula is C16H20BrClN4O. The van der Waals surface area contributed by atoms with Crippen LogP contribution in [0.5, 0.6) is 0 Å². The predicted molar refractivity (Wildman–Crippen MR) is 97.1 cm³/mol. The first-order chi connectivity index (χ1) is 10.5. The van der Waals surface area contributed by atoms with Gasteiger partial charge in [0.25, 0.3) is 0 Å². The summed E-state index contributed by atoms with van der Waals surface area (Å²) in [5.74, 6) is 0.152. The van der Waals surface area contributed by atoms with Crippen LogP contribution in [0.25, 0.3) is 0 Å². The number of carbonyl (C=O) groups excluding carboxylic acids is 1. The zero-order valence-electron chi connectivity index (χ0n) is 13.0. The van der Waals surface area contributed by atoms with E-state index in [1.165, 1.54) is 0 Å². The maximum Gasteiger partial charge on any atom is 0.229 e.